The van der Waals surface area contributed by atoms with Crippen LogP contribution in [-0.2, 0) is 0 Å². The Bertz CT molecular complexity index is 632. The first-order valence-corrected chi connectivity index (χ1v) is 4.72. The number of fused-ring (bicyclic) bond motifs is 1. The molecule has 0 aliphatic rings. The number of rotatable bonds is 1. The molecule has 0 spiro atoms. The van der Waals surface area contributed by atoms with Gasteiger partial charge >= 0.3 is 0 Å². The van der Waals surface area contributed by atoms with Crippen LogP contribution in [0.3, 0.4) is 0 Å². The second kappa shape index (κ2) is 3.88. The highest BCUT2D eigenvalue weighted by molar-refractivity contribution is 5.87. The summed E-state index contributed by atoms with van der Waals surface area (Å²) >= 11 is 0. The lowest BCUT2D eigenvalue weighted by Crippen LogP contribution is -1.99. The van der Waals surface area contributed by atoms with Crippen LogP contribution in [0.5, 0.6) is 0 Å². The van der Waals surface area contributed by atoms with Gasteiger partial charge in [0.2, 0.25) is 0 Å². The molecule has 0 fully saturated rings. The number of para-hydroxylation sites is 1. The number of hydrogen-bond acceptors (Lipinski definition) is 4. The largest absolute Gasteiger partial charge is 0.276 e. The van der Waals surface area contributed by atoms with Gasteiger partial charge in [-0.25, -0.2) is 4.98 Å². The molecule has 0 saturated carbocycles. The van der Waals surface area contributed by atoms with Crippen molar-refractivity contribution in [3.05, 3.63) is 35.4 Å². The normalized spacial score (nSPS) is 9.44. The maximum atomic E-state index is 9.05. The van der Waals surface area contributed by atoms with E-state index in [1.165, 1.54) is 0 Å². The van der Waals surface area contributed by atoms with Crippen LogP contribution in [-0.4, -0.2) is 4.98 Å². The summed E-state index contributed by atoms with van der Waals surface area (Å²) in [5, 5.41) is 21.0. The van der Waals surface area contributed by atoms with Gasteiger partial charge in [-0.15, -0.1) is 0 Å². The van der Waals surface area contributed by atoms with E-state index in [9.17, 15) is 0 Å². The van der Waals surface area contributed by atoms with Crippen LogP contribution in [0.15, 0.2) is 24.3 Å². The van der Waals surface area contributed by atoms with E-state index in [-0.39, 0.29) is 0 Å². The van der Waals surface area contributed by atoms with Gasteiger partial charge in [0.15, 0.2) is 12.0 Å². The Morgan fingerprint density at radius 3 is 2.69 bits per heavy atom. The summed E-state index contributed by atoms with van der Waals surface area (Å²) in [4.78, 5) is 4.24. The Hall–Kier alpha value is -2.59. The summed E-state index contributed by atoms with van der Waals surface area (Å²) in [6.45, 7) is 1.85. The summed E-state index contributed by atoms with van der Waals surface area (Å²) in [6.07, 6.45) is 1.79. The molecule has 16 heavy (non-hydrogen) atoms. The van der Waals surface area contributed by atoms with E-state index in [0.717, 1.165) is 16.5 Å². The maximum Gasteiger partial charge on any atom is 0.182 e. The molecule has 1 N–H and O–H groups in total. The molecule has 0 unspecified atom stereocenters. The second-order valence-corrected chi connectivity index (χ2v) is 3.33. The zero-order valence-corrected chi connectivity index (χ0v) is 8.65. The lowest BCUT2D eigenvalue weighted by Gasteiger charge is -2.07. The van der Waals surface area contributed by atoms with Crippen molar-refractivity contribution in [1.29, 1.82) is 10.5 Å². The van der Waals surface area contributed by atoms with Crippen LogP contribution in [0.1, 0.15) is 11.1 Å². The number of aromatic nitrogens is 1. The SMILES string of the molecule is Cc1c(C#N)c(NC#N)nc2ccccc12. The zero-order chi connectivity index (χ0) is 11.5. The predicted molar refractivity (Wildman–Crippen MR) is 60.4 cm³/mol. The van der Waals surface area contributed by atoms with Gasteiger partial charge in [-0.05, 0) is 18.6 Å². The number of nitrogens with one attached hydrogen (secondary N) is 1. The van der Waals surface area contributed by atoms with Crippen molar-refractivity contribution in [3.8, 4) is 12.3 Å². The molecule has 2 aromatic rings. The van der Waals surface area contributed by atoms with Gasteiger partial charge < -0.3 is 0 Å². The zero-order valence-electron chi connectivity index (χ0n) is 8.65. The molecular formula is C12H8N4. The van der Waals surface area contributed by atoms with E-state index in [4.69, 9.17) is 10.5 Å². The highest BCUT2D eigenvalue weighted by atomic mass is 15.0. The Kier molecular flexibility index (Phi) is 2.41. The highest BCUT2D eigenvalue weighted by Crippen LogP contribution is 2.24. The molecule has 76 valence electrons. The van der Waals surface area contributed by atoms with Gasteiger partial charge in [0, 0.05) is 5.39 Å². The second-order valence-electron chi connectivity index (χ2n) is 3.33. The van der Waals surface area contributed by atoms with Gasteiger partial charge in [-0.3, -0.25) is 5.32 Å². The molecule has 4 heteroatoms. The van der Waals surface area contributed by atoms with Crippen molar-refractivity contribution in [2.24, 2.45) is 0 Å². The molecule has 0 bridgehead atoms. The van der Waals surface area contributed by atoms with E-state index < -0.39 is 0 Å². The molecule has 1 aromatic carbocycles. The third-order valence-corrected chi connectivity index (χ3v) is 2.44. The molecule has 1 aromatic heterocycles. The number of anilines is 1. The lowest BCUT2D eigenvalue weighted by molar-refractivity contribution is 1.30. The Morgan fingerprint density at radius 2 is 2.00 bits per heavy atom. The molecule has 0 radical (unpaired) electrons. The topological polar surface area (TPSA) is 72.5 Å². The van der Waals surface area contributed by atoms with Crippen LogP contribution in [0.4, 0.5) is 5.82 Å². The van der Waals surface area contributed by atoms with Crippen molar-refractivity contribution in [2.75, 3.05) is 5.32 Å². The third-order valence-electron chi connectivity index (χ3n) is 2.44. The number of pyridine rings is 1. The van der Waals surface area contributed by atoms with Gasteiger partial charge in [0.05, 0.1) is 11.1 Å². The molecular weight excluding hydrogens is 200 g/mol. The number of hydrogen-bond donors (Lipinski definition) is 1. The third kappa shape index (κ3) is 1.43. The van der Waals surface area contributed by atoms with Gasteiger partial charge in [0.25, 0.3) is 0 Å². The van der Waals surface area contributed by atoms with E-state index in [2.05, 4.69) is 16.4 Å². The lowest BCUT2D eigenvalue weighted by atomic mass is 10.0. The van der Waals surface area contributed by atoms with Crippen LogP contribution < -0.4 is 5.32 Å². The summed E-state index contributed by atoms with van der Waals surface area (Å²) in [7, 11) is 0. The molecule has 4 nitrogen and oxygen atoms in total. The molecule has 0 aliphatic heterocycles. The summed E-state index contributed by atoms with van der Waals surface area (Å²) in [5.74, 6) is 0.321. The van der Waals surface area contributed by atoms with Crippen LogP contribution >= 0.6 is 0 Å². The van der Waals surface area contributed by atoms with Crippen LogP contribution in [0, 0.1) is 29.7 Å². The van der Waals surface area contributed by atoms with E-state index >= 15 is 0 Å². The minimum absolute atomic E-state index is 0.321. The summed E-state index contributed by atoms with van der Waals surface area (Å²) < 4.78 is 0. The molecule has 2 rings (SSSR count). The average molecular weight is 208 g/mol. The van der Waals surface area contributed by atoms with E-state index in [1.54, 1.807) is 6.19 Å². The minimum Gasteiger partial charge on any atom is -0.276 e. The fourth-order valence-electron chi connectivity index (χ4n) is 1.66. The van der Waals surface area contributed by atoms with Crippen molar-refractivity contribution >= 4 is 16.7 Å². The van der Waals surface area contributed by atoms with E-state index in [0.29, 0.717) is 11.4 Å². The van der Waals surface area contributed by atoms with Crippen molar-refractivity contribution in [2.45, 2.75) is 6.92 Å². The Labute approximate surface area is 92.8 Å². The average Bonchev–Trinajstić information content (AvgIpc) is 2.30. The van der Waals surface area contributed by atoms with Crippen LogP contribution in [0.25, 0.3) is 10.9 Å². The van der Waals surface area contributed by atoms with Crippen molar-refractivity contribution in [3.63, 3.8) is 0 Å². The Morgan fingerprint density at radius 1 is 1.25 bits per heavy atom. The fraction of sp³-hybridized carbons (Fsp3) is 0.0833. The molecule has 0 atom stereocenters. The molecule has 0 saturated heterocycles. The first-order chi connectivity index (χ1) is 7.77. The molecule has 0 aliphatic carbocycles. The van der Waals surface area contributed by atoms with Crippen molar-refractivity contribution < 1.29 is 0 Å². The first-order valence-electron chi connectivity index (χ1n) is 4.72. The monoisotopic (exact) mass is 208 g/mol. The van der Waals surface area contributed by atoms with Crippen LogP contribution in [0.2, 0.25) is 0 Å². The summed E-state index contributed by atoms with van der Waals surface area (Å²) in [5.41, 5.74) is 2.03. The highest BCUT2D eigenvalue weighted by Gasteiger charge is 2.10. The smallest absolute Gasteiger partial charge is 0.182 e. The van der Waals surface area contributed by atoms with Gasteiger partial charge in [-0.2, -0.15) is 10.5 Å². The predicted octanol–water partition coefficient (Wildman–Crippen LogP) is 2.31. The quantitative estimate of drug-likeness (QED) is 0.576. The number of benzene rings is 1. The summed E-state index contributed by atoms with van der Waals surface area (Å²) in [6, 6.07) is 9.60. The minimum atomic E-state index is 0.321. The molecule has 1 heterocycles. The Balaban J connectivity index is 2.84. The maximum absolute atomic E-state index is 9.05. The standard InChI is InChI=1S/C12H8N4/c1-8-9-4-2-3-5-11(9)16-12(15-7-14)10(8)6-13/h2-5H,1H3,(H,15,16). The van der Waals surface area contributed by atoms with Gasteiger partial charge in [0.1, 0.15) is 6.07 Å². The van der Waals surface area contributed by atoms with Crippen molar-refractivity contribution in [1.82, 2.24) is 4.98 Å². The first kappa shape index (κ1) is 9.95. The van der Waals surface area contributed by atoms with Gasteiger partial charge in [-0.1, -0.05) is 18.2 Å². The number of nitrogens with zero attached hydrogens (tertiary/aromatic N) is 3. The fourth-order valence-corrected chi connectivity index (χ4v) is 1.66. The number of nitriles is 2. The number of aryl methyl sites for hydroxylation is 1. The molecule has 0 amide bonds. The van der Waals surface area contributed by atoms with E-state index in [1.807, 2.05) is 31.2 Å².